The van der Waals surface area contributed by atoms with Gasteiger partial charge in [-0.1, -0.05) is 23.7 Å². The highest BCUT2D eigenvalue weighted by atomic mass is 35.5. The van der Waals surface area contributed by atoms with Gasteiger partial charge in [-0.3, -0.25) is 4.79 Å². The van der Waals surface area contributed by atoms with Crippen LogP contribution in [0.25, 0.3) is 0 Å². The van der Waals surface area contributed by atoms with Gasteiger partial charge in [-0.05, 0) is 30.3 Å². The van der Waals surface area contributed by atoms with Crippen LogP contribution in [0.5, 0.6) is 5.75 Å². The van der Waals surface area contributed by atoms with Gasteiger partial charge in [-0.15, -0.1) is 0 Å². The van der Waals surface area contributed by atoms with Crippen molar-refractivity contribution in [1.82, 2.24) is 4.31 Å². The summed E-state index contributed by atoms with van der Waals surface area (Å²) in [5.74, 6) is -1.06. The first-order valence-electron chi connectivity index (χ1n) is 9.30. The molecule has 166 valence electrons. The van der Waals surface area contributed by atoms with Gasteiger partial charge in [0.2, 0.25) is 10.0 Å². The molecule has 1 aliphatic heterocycles. The lowest BCUT2D eigenvalue weighted by Crippen LogP contribution is -2.40. The maximum Gasteiger partial charge on any atom is 0.340 e. The molecule has 0 bridgehead atoms. The van der Waals surface area contributed by atoms with Gasteiger partial charge in [0.1, 0.15) is 5.75 Å². The zero-order valence-electron chi connectivity index (χ0n) is 16.7. The van der Waals surface area contributed by atoms with Gasteiger partial charge in [0.15, 0.2) is 6.61 Å². The van der Waals surface area contributed by atoms with Gasteiger partial charge in [0.05, 0.1) is 41.5 Å². The SMILES string of the molecule is COc1ccccc1NC(=O)COC(=O)c1cc(S(=O)(=O)N2CCOCC2)ccc1Cl. The van der Waals surface area contributed by atoms with Crippen molar-refractivity contribution in [2.24, 2.45) is 0 Å². The number of morpholine rings is 1. The molecule has 0 aromatic heterocycles. The number of sulfonamides is 1. The fourth-order valence-corrected chi connectivity index (χ4v) is 4.53. The summed E-state index contributed by atoms with van der Waals surface area (Å²) in [4.78, 5) is 24.5. The summed E-state index contributed by atoms with van der Waals surface area (Å²) in [7, 11) is -2.36. The maximum atomic E-state index is 12.8. The molecule has 1 aliphatic rings. The number of carbonyl (C=O) groups excluding carboxylic acids is 2. The molecule has 1 saturated heterocycles. The minimum absolute atomic E-state index is 0.0102. The number of nitrogens with one attached hydrogen (secondary N) is 1. The van der Waals surface area contributed by atoms with Crippen LogP contribution in [0.1, 0.15) is 10.4 Å². The number of benzene rings is 2. The number of rotatable bonds is 7. The van der Waals surface area contributed by atoms with Crippen LogP contribution in [0, 0.1) is 0 Å². The molecule has 11 heteroatoms. The summed E-state index contributed by atoms with van der Waals surface area (Å²) in [5.41, 5.74) is 0.267. The van der Waals surface area contributed by atoms with E-state index in [0.717, 1.165) is 6.07 Å². The molecular weight excluding hydrogens is 448 g/mol. The van der Waals surface area contributed by atoms with Crippen molar-refractivity contribution in [3.63, 3.8) is 0 Å². The average molecular weight is 469 g/mol. The van der Waals surface area contributed by atoms with Crippen LogP contribution in [0.15, 0.2) is 47.4 Å². The summed E-state index contributed by atoms with van der Waals surface area (Å²) >= 11 is 6.07. The minimum Gasteiger partial charge on any atom is -0.495 e. The minimum atomic E-state index is -3.82. The number of nitrogens with zero attached hydrogens (tertiary/aromatic N) is 1. The van der Waals surface area contributed by atoms with Crippen molar-refractivity contribution in [1.29, 1.82) is 0 Å². The van der Waals surface area contributed by atoms with Crippen LogP contribution in [0.2, 0.25) is 5.02 Å². The smallest absolute Gasteiger partial charge is 0.340 e. The third-order valence-corrected chi connectivity index (χ3v) is 6.71. The van der Waals surface area contributed by atoms with E-state index in [0.29, 0.717) is 24.7 Å². The summed E-state index contributed by atoms with van der Waals surface area (Å²) in [6.45, 7) is 0.432. The molecule has 0 aliphatic carbocycles. The number of methoxy groups -OCH3 is 1. The Morgan fingerprint density at radius 3 is 2.58 bits per heavy atom. The van der Waals surface area contributed by atoms with E-state index in [-0.39, 0.29) is 28.6 Å². The number of anilines is 1. The lowest BCUT2D eigenvalue weighted by atomic mass is 10.2. The first-order valence-corrected chi connectivity index (χ1v) is 11.1. The molecule has 0 spiro atoms. The van der Waals surface area contributed by atoms with E-state index in [1.54, 1.807) is 24.3 Å². The first-order chi connectivity index (χ1) is 14.8. The Kier molecular flexibility index (Phi) is 7.50. The van der Waals surface area contributed by atoms with Crippen LogP contribution < -0.4 is 10.1 Å². The molecule has 1 amide bonds. The molecule has 0 saturated carbocycles. The molecule has 31 heavy (non-hydrogen) atoms. The molecule has 9 nitrogen and oxygen atoms in total. The third kappa shape index (κ3) is 5.53. The standard InChI is InChI=1S/C20H21ClN2O7S/c1-28-18-5-3-2-4-17(18)22-19(24)13-30-20(25)15-12-14(6-7-16(15)21)31(26,27)23-8-10-29-11-9-23/h2-7,12H,8-11,13H2,1H3,(H,22,24). The Balaban J connectivity index is 1.68. The Hall–Kier alpha value is -2.66. The zero-order valence-corrected chi connectivity index (χ0v) is 18.2. The predicted molar refractivity (Wildman–Crippen MR) is 113 cm³/mol. The lowest BCUT2D eigenvalue weighted by molar-refractivity contribution is -0.119. The van der Waals surface area contributed by atoms with Gasteiger partial charge in [0, 0.05) is 13.1 Å². The lowest BCUT2D eigenvalue weighted by Gasteiger charge is -2.26. The highest BCUT2D eigenvalue weighted by Gasteiger charge is 2.28. The van der Waals surface area contributed by atoms with Crippen molar-refractivity contribution >= 4 is 39.2 Å². The third-order valence-electron chi connectivity index (χ3n) is 4.48. The average Bonchev–Trinajstić information content (AvgIpc) is 2.78. The van der Waals surface area contributed by atoms with Crippen LogP contribution >= 0.6 is 11.6 Å². The van der Waals surface area contributed by atoms with Gasteiger partial charge < -0.3 is 19.5 Å². The molecule has 2 aromatic rings. The number of ether oxygens (including phenoxy) is 3. The van der Waals surface area contributed by atoms with Crippen molar-refractivity contribution in [3.05, 3.63) is 53.1 Å². The molecule has 3 rings (SSSR count). The van der Waals surface area contributed by atoms with Crippen molar-refractivity contribution in [2.75, 3.05) is 45.3 Å². The summed E-state index contributed by atoms with van der Waals surface area (Å²) < 4.78 is 42.2. The van der Waals surface area contributed by atoms with Gasteiger partial charge >= 0.3 is 5.97 Å². The van der Waals surface area contributed by atoms with Gasteiger partial charge in [-0.2, -0.15) is 4.31 Å². The first kappa shape index (κ1) is 23.0. The van der Waals surface area contributed by atoms with Crippen LogP contribution in [-0.2, 0) is 24.3 Å². The molecular formula is C20H21ClN2O7S. The van der Waals surface area contributed by atoms with Crippen LogP contribution in [0.3, 0.4) is 0 Å². The van der Waals surface area contributed by atoms with Crippen molar-refractivity contribution < 1.29 is 32.2 Å². The highest BCUT2D eigenvalue weighted by molar-refractivity contribution is 7.89. The monoisotopic (exact) mass is 468 g/mol. The molecule has 1 fully saturated rings. The summed E-state index contributed by atoms with van der Waals surface area (Å²) in [6, 6.07) is 10.5. The molecule has 1 N–H and O–H groups in total. The molecule has 0 radical (unpaired) electrons. The molecule has 0 atom stereocenters. The second kappa shape index (κ2) is 10.1. The maximum absolute atomic E-state index is 12.8. The number of esters is 1. The van der Waals surface area contributed by atoms with Crippen LogP contribution in [-0.4, -0.2) is 64.6 Å². The zero-order chi connectivity index (χ0) is 22.4. The van der Waals surface area contributed by atoms with E-state index in [1.165, 1.54) is 23.5 Å². The summed E-state index contributed by atoms with van der Waals surface area (Å²) in [5, 5.41) is 2.58. The highest BCUT2D eigenvalue weighted by Crippen LogP contribution is 2.25. The number of amides is 1. The van der Waals surface area contributed by atoms with Gasteiger partial charge in [0.25, 0.3) is 5.91 Å². The van der Waals surface area contributed by atoms with E-state index >= 15 is 0 Å². The number of halogens is 1. The quantitative estimate of drug-likeness (QED) is 0.620. The summed E-state index contributed by atoms with van der Waals surface area (Å²) in [6.07, 6.45) is 0. The fraction of sp³-hybridized carbons (Fsp3) is 0.300. The Labute approximate surface area is 184 Å². The fourth-order valence-electron chi connectivity index (χ4n) is 2.90. The van der Waals surface area contributed by atoms with Crippen LogP contribution in [0.4, 0.5) is 5.69 Å². The van der Waals surface area contributed by atoms with E-state index in [2.05, 4.69) is 5.32 Å². The number of hydrogen-bond donors (Lipinski definition) is 1. The number of carbonyl (C=O) groups is 2. The van der Waals surface area contributed by atoms with E-state index in [9.17, 15) is 18.0 Å². The second-order valence-electron chi connectivity index (χ2n) is 6.48. The Bertz CT molecular complexity index is 1070. The molecule has 0 unspecified atom stereocenters. The van der Waals surface area contributed by atoms with E-state index in [4.69, 9.17) is 25.8 Å². The normalized spacial score (nSPS) is 14.6. The Morgan fingerprint density at radius 1 is 1.16 bits per heavy atom. The van der Waals surface area contributed by atoms with Crippen molar-refractivity contribution in [2.45, 2.75) is 4.90 Å². The van der Waals surface area contributed by atoms with E-state index in [1.807, 2.05) is 0 Å². The Morgan fingerprint density at radius 2 is 1.87 bits per heavy atom. The largest absolute Gasteiger partial charge is 0.495 e. The van der Waals surface area contributed by atoms with Crippen molar-refractivity contribution in [3.8, 4) is 5.75 Å². The van der Waals surface area contributed by atoms with E-state index < -0.39 is 28.5 Å². The topological polar surface area (TPSA) is 111 Å². The molecule has 2 aromatic carbocycles. The predicted octanol–water partition coefficient (Wildman–Crippen LogP) is 2.17. The number of para-hydroxylation sites is 2. The molecule has 1 heterocycles. The number of hydrogen-bond acceptors (Lipinski definition) is 7. The van der Waals surface area contributed by atoms with Gasteiger partial charge in [-0.25, -0.2) is 13.2 Å². The second-order valence-corrected chi connectivity index (χ2v) is 8.83.